The second-order valence-corrected chi connectivity index (χ2v) is 5.05. The first kappa shape index (κ1) is 14.0. The van der Waals surface area contributed by atoms with Crippen molar-refractivity contribution in [3.05, 3.63) is 34.9 Å². The molecule has 1 heterocycles. The van der Waals surface area contributed by atoms with Crippen LogP contribution in [0.3, 0.4) is 0 Å². The average molecular weight is 231 g/mol. The smallest absolute Gasteiger partial charge is 0.0477 e. The Morgan fingerprint density at radius 1 is 1.47 bits per heavy atom. The van der Waals surface area contributed by atoms with Gasteiger partial charge in [-0.05, 0) is 50.7 Å². The van der Waals surface area contributed by atoms with Gasteiger partial charge in [-0.25, -0.2) is 0 Å². The Kier molecular flexibility index (Phi) is 5.40. The molecule has 1 heteroatoms. The average Bonchev–Trinajstić information content (AvgIpc) is 2.46. The second-order valence-electron chi connectivity index (χ2n) is 5.05. The molecule has 1 nitrogen and oxygen atoms in total. The Bertz CT molecular complexity index is 369. The molecule has 2 atom stereocenters. The van der Waals surface area contributed by atoms with E-state index in [-0.39, 0.29) is 0 Å². The van der Waals surface area contributed by atoms with E-state index in [0.29, 0.717) is 12.0 Å². The van der Waals surface area contributed by atoms with Crippen molar-refractivity contribution in [3.8, 4) is 0 Å². The Morgan fingerprint density at radius 2 is 2.18 bits per heavy atom. The van der Waals surface area contributed by atoms with Gasteiger partial charge in [0.25, 0.3) is 0 Å². The molecule has 0 aromatic rings. The third-order valence-electron chi connectivity index (χ3n) is 3.25. The summed E-state index contributed by atoms with van der Waals surface area (Å²) >= 11 is 0. The molecular formula is C16H25N. The molecule has 0 fully saturated rings. The summed E-state index contributed by atoms with van der Waals surface area (Å²) in [6.45, 7) is 10.9. The Morgan fingerprint density at radius 3 is 2.76 bits per heavy atom. The highest BCUT2D eigenvalue weighted by molar-refractivity contribution is 5.86. The summed E-state index contributed by atoms with van der Waals surface area (Å²) in [4.78, 5) is 4.59. The Labute approximate surface area is 106 Å². The van der Waals surface area contributed by atoms with Crippen LogP contribution in [0.25, 0.3) is 0 Å². The number of rotatable bonds is 3. The standard InChI is InChI=1S/C16H25N/c1-6-12(3)9-15(7-2)16-10-13(4)8-14(5)17-11-16/h7,9-11,13-14H,6,8H2,1-5H3/b12-9-,15-7+/t13?,14-/m0/s1. The largest absolute Gasteiger partial charge is 0.290 e. The molecule has 1 unspecified atom stereocenters. The number of hydrogen-bond acceptors (Lipinski definition) is 1. The highest BCUT2D eigenvalue weighted by Crippen LogP contribution is 2.21. The zero-order valence-corrected chi connectivity index (χ0v) is 11.8. The van der Waals surface area contributed by atoms with Crippen molar-refractivity contribution in [1.29, 1.82) is 0 Å². The van der Waals surface area contributed by atoms with E-state index < -0.39 is 0 Å². The highest BCUT2D eigenvalue weighted by atomic mass is 14.8. The molecule has 0 saturated carbocycles. The van der Waals surface area contributed by atoms with E-state index in [1.54, 1.807) is 0 Å². The molecule has 17 heavy (non-hydrogen) atoms. The SMILES string of the molecule is C/C=C(\C=C(\C)CC)C1=CC(C)C[C@H](C)N=C1. The maximum atomic E-state index is 4.59. The molecule has 1 aliphatic heterocycles. The predicted octanol–water partition coefficient (Wildman–Crippen LogP) is 4.71. The third-order valence-corrected chi connectivity index (χ3v) is 3.25. The van der Waals surface area contributed by atoms with E-state index in [2.05, 4.69) is 57.8 Å². The van der Waals surface area contributed by atoms with E-state index in [1.807, 2.05) is 6.21 Å². The lowest BCUT2D eigenvalue weighted by Crippen LogP contribution is -2.01. The molecule has 1 rings (SSSR count). The van der Waals surface area contributed by atoms with Crippen molar-refractivity contribution in [2.24, 2.45) is 10.9 Å². The van der Waals surface area contributed by atoms with Gasteiger partial charge in [0.05, 0.1) is 0 Å². The van der Waals surface area contributed by atoms with Crippen LogP contribution in [0, 0.1) is 5.92 Å². The lowest BCUT2D eigenvalue weighted by molar-refractivity contribution is 0.569. The first-order valence-electron chi connectivity index (χ1n) is 6.65. The minimum absolute atomic E-state index is 0.438. The maximum Gasteiger partial charge on any atom is 0.0477 e. The third kappa shape index (κ3) is 4.33. The fourth-order valence-electron chi connectivity index (χ4n) is 2.10. The van der Waals surface area contributed by atoms with Crippen molar-refractivity contribution >= 4 is 6.21 Å². The lowest BCUT2D eigenvalue weighted by atomic mass is 9.97. The number of aliphatic imine (C=N–C) groups is 1. The van der Waals surface area contributed by atoms with Crippen LogP contribution in [0.1, 0.15) is 47.5 Å². The summed E-state index contributed by atoms with van der Waals surface area (Å²) in [6.07, 6.45) is 11.1. The van der Waals surface area contributed by atoms with Crippen molar-refractivity contribution < 1.29 is 0 Å². The van der Waals surface area contributed by atoms with Crippen molar-refractivity contribution in [2.75, 3.05) is 0 Å². The summed E-state index contributed by atoms with van der Waals surface area (Å²) < 4.78 is 0. The zero-order chi connectivity index (χ0) is 12.8. The van der Waals surface area contributed by atoms with Crippen LogP contribution < -0.4 is 0 Å². The number of hydrogen-bond donors (Lipinski definition) is 0. The molecule has 0 bridgehead atoms. The monoisotopic (exact) mass is 231 g/mol. The van der Waals surface area contributed by atoms with Crippen LogP contribution in [0.15, 0.2) is 39.9 Å². The van der Waals surface area contributed by atoms with Gasteiger partial charge in [-0.15, -0.1) is 0 Å². The maximum absolute atomic E-state index is 4.59. The van der Waals surface area contributed by atoms with Gasteiger partial charge in [0.1, 0.15) is 0 Å². The Balaban J connectivity index is 3.00. The van der Waals surface area contributed by atoms with Crippen molar-refractivity contribution in [3.63, 3.8) is 0 Å². The fraction of sp³-hybridized carbons (Fsp3) is 0.562. The molecule has 0 spiro atoms. The van der Waals surface area contributed by atoms with Crippen LogP contribution in [0.4, 0.5) is 0 Å². The minimum Gasteiger partial charge on any atom is -0.290 e. The molecule has 0 aliphatic carbocycles. The van der Waals surface area contributed by atoms with E-state index in [9.17, 15) is 0 Å². The van der Waals surface area contributed by atoms with E-state index >= 15 is 0 Å². The van der Waals surface area contributed by atoms with Crippen LogP contribution in [-0.4, -0.2) is 12.3 Å². The van der Waals surface area contributed by atoms with Crippen LogP contribution in [-0.2, 0) is 0 Å². The van der Waals surface area contributed by atoms with Gasteiger partial charge in [0.2, 0.25) is 0 Å². The van der Waals surface area contributed by atoms with Crippen LogP contribution >= 0.6 is 0 Å². The van der Waals surface area contributed by atoms with Crippen LogP contribution in [0.5, 0.6) is 0 Å². The lowest BCUT2D eigenvalue weighted by Gasteiger charge is -2.08. The van der Waals surface area contributed by atoms with Gasteiger partial charge in [0, 0.05) is 12.3 Å². The fourth-order valence-corrected chi connectivity index (χ4v) is 2.10. The summed E-state index contributed by atoms with van der Waals surface area (Å²) in [5, 5.41) is 0. The van der Waals surface area contributed by atoms with E-state index in [0.717, 1.165) is 12.8 Å². The molecule has 0 aromatic carbocycles. The number of allylic oxidation sites excluding steroid dienone is 6. The summed E-state index contributed by atoms with van der Waals surface area (Å²) in [5.74, 6) is 0.604. The molecule has 1 aliphatic rings. The Hall–Kier alpha value is -1.11. The van der Waals surface area contributed by atoms with Gasteiger partial charge in [-0.1, -0.05) is 37.6 Å². The van der Waals surface area contributed by atoms with Gasteiger partial charge < -0.3 is 0 Å². The topological polar surface area (TPSA) is 12.4 Å². The van der Waals surface area contributed by atoms with Gasteiger partial charge in [-0.2, -0.15) is 0 Å². The van der Waals surface area contributed by atoms with Crippen LogP contribution in [0.2, 0.25) is 0 Å². The highest BCUT2D eigenvalue weighted by Gasteiger charge is 2.11. The van der Waals surface area contributed by atoms with Gasteiger partial charge in [0.15, 0.2) is 0 Å². The quantitative estimate of drug-likeness (QED) is 0.623. The van der Waals surface area contributed by atoms with Gasteiger partial charge in [-0.3, -0.25) is 4.99 Å². The molecule has 0 aromatic heterocycles. The second kappa shape index (κ2) is 6.58. The molecular weight excluding hydrogens is 206 g/mol. The molecule has 0 N–H and O–H groups in total. The minimum atomic E-state index is 0.438. The van der Waals surface area contributed by atoms with Crippen molar-refractivity contribution in [2.45, 2.75) is 53.5 Å². The normalized spacial score (nSPS) is 26.8. The number of nitrogens with zero attached hydrogens (tertiary/aromatic N) is 1. The molecule has 0 amide bonds. The molecule has 0 saturated heterocycles. The van der Waals surface area contributed by atoms with Crippen molar-refractivity contribution in [1.82, 2.24) is 0 Å². The van der Waals surface area contributed by atoms with Gasteiger partial charge >= 0.3 is 0 Å². The molecule has 94 valence electrons. The van der Waals surface area contributed by atoms with E-state index in [1.165, 1.54) is 16.7 Å². The molecule has 0 radical (unpaired) electrons. The summed E-state index contributed by atoms with van der Waals surface area (Å²) in [5.41, 5.74) is 3.99. The predicted molar refractivity (Wildman–Crippen MR) is 77.6 cm³/mol. The summed E-state index contributed by atoms with van der Waals surface area (Å²) in [7, 11) is 0. The first-order chi connectivity index (χ1) is 8.06. The van der Waals surface area contributed by atoms with E-state index in [4.69, 9.17) is 0 Å². The zero-order valence-electron chi connectivity index (χ0n) is 11.8. The first-order valence-corrected chi connectivity index (χ1v) is 6.65. The summed E-state index contributed by atoms with van der Waals surface area (Å²) in [6, 6.07) is 0.438.